The minimum absolute atomic E-state index is 0.354. The zero-order valence-electron chi connectivity index (χ0n) is 12.3. The van der Waals surface area contributed by atoms with E-state index >= 15 is 0 Å². The number of hydrogen-bond acceptors (Lipinski definition) is 6. The Morgan fingerprint density at radius 3 is 2.45 bits per heavy atom. The summed E-state index contributed by atoms with van der Waals surface area (Å²) < 4.78 is 5.22. The molecule has 5 nitrogen and oxygen atoms in total. The van der Waals surface area contributed by atoms with Crippen LogP contribution in [0.25, 0.3) is 0 Å². The van der Waals surface area contributed by atoms with Crippen LogP contribution in [0.4, 0.5) is 5.95 Å². The van der Waals surface area contributed by atoms with Crippen LogP contribution in [-0.4, -0.2) is 35.2 Å². The zero-order chi connectivity index (χ0) is 15.4. The fourth-order valence-electron chi connectivity index (χ4n) is 2.31. The summed E-state index contributed by atoms with van der Waals surface area (Å²) in [5.41, 5.74) is 0. The van der Waals surface area contributed by atoms with E-state index in [4.69, 9.17) is 16.3 Å². The lowest BCUT2D eigenvalue weighted by Crippen LogP contribution is -2.31. The van der Waals surface area contributed by atoms with Gasteiger partial charge in [-0.15, -0.1) is 0 Å². The molecule has 0 bridgehead atoms. The Kier molecular flexibility index (Phi) is 5.00. The number of aromatic nitrogens is 3. The molecule has 0 atom stereocenters. The molecule has 2 heterocycles. The number of anilines is 1. The van der Waals surface area contributed by atoms with Crippen molar-refractivity contribution in [1.82, 2.24) is 15.0 Å². The van der Waals surface area contributed by atoms with Gasteiger partial charge in [0.2, 0.25) is 11.1 Å². The molecule has 1 aliphatic heterocycles. The molecule has 7 heteroatoms. The summed E-state index contributed by atoms with van der Waals surface area (Å²) in [6, 6.07) is 7.96. The third-order valence-electron chi connectivity index (χ3n) is 3.43. The first-order valence-electron chi connectivity index (χ1n) is 7.23. The fourth-order valence-corrected chi connectivity index (χ4v) is 3.17. The standard InChI is InChI=1S/C15H17ClN4OS/c1-21-14-17-13(20-9-3-2-4-10-20)18-15(19-14)22-12-7-5-11(16)6-8-12/h5-8H,2-4,9-10H2,1H3. The van der Waals surface area contributed by atoms with Crippen molar-refractivity contribution in [2.24, 2.45) is 0 Å². The van der Waals surface area contributed by atoms with Crippen molar-refractivity contribution in [3.8, 4) is 6.01 Å². The summed E-state index contributed by atoms with van der Waals surface area (Å²) in [5.74, 6) is 0.697. The van der Waals surface area contributed by atoms with Gasteiger partial charge >= 0.3 is 6.01 Å². The van der Waals surface area contributed by atoms with Gasteiger partial charge in [-0.2, -0.15) is 15.0 Å². The molecule has 0 aliphatic carbocycles. The second kappa shape index (κ2) is 7.15. The lowest BCUT2D eigenvalue weighted by Gasteiger charge is -2.26. The van der Waals surface area contributed by atoms with Crippen molar-refractivity contribution in [1.29, 1.82) is 0 Å². The minimum atomic E-state index is 0.354. The van der Waals surface area contributed by atoms with Crippen LogP contribution < -0.4 is 9.64 Å². The van der Waals surface area contributed by atoms with Gasteiger partial charge in [0.1, 0.15) is 0 Å². The highest BCUT2D eigenvalue weighted by atomic mass is 35.5. The van der Waals surface area contributed by atoms with Gasteiger partial charge in [-0.05, 0) is 55.3 Å². The Morgan fingerprint density at radius 1 is 1.05 bits per heavy atom. The number of hydrogen-bond donors (Lipinski definition) is 0. The average molecular weight is 337 g/mol. The number of ether oxygens (including phenoxy) is 1. The van der Waals surface area contributed by atoms with Gasteiger partial charge in [-0.25, -0.2) is 0 Å². The van der Waals surface area contributed by atoms with Crippen LogP contribution in [0.3, 0.4) is 0 Å². The zero-order valence-corrected chi connectivity index (χ0v) is 13.9. The van der Waals surface area contributed by atoms with Crippen molar-refractivity contribution in [3.63, 3.8) is 0 Å². The van der Waals surface area contributed by atoms with E-state index in [0.717, 1.165) is 18.0 Å². The molecular formula is C15H17ClN4OS. The molecule has 1 saturated heterocycles. The summed E-state index contributed by atoms with van der Waals surface area (Å²) in [5, 5.41) is 1.35. The predicted molar refractivity (Wildman–Crippen MR) is 88.0 cm³/mol. The van der Waals surface area contributed by atoms with Crippen LogP contribution in [0.5, 0.6) is 6.01 Å². The monoisotopic (exact) mass is 336 g/mol. The molecule has 0 radical (unpaired) electrons. The second-order valence-electron chi connectivity index (χ2n) is 5.01. The van der Waals surface area contributed by atoms with Gasteiger partial charge in [0.05, 0.1) is 7.11 Å². The lowest BCUT2D eigenvalue weighted by atomic mass is 10.1. The summed E-state index contributed by atoms with van der Waals surface area (Å²) >= 11 is 7.39. The maximum atomic E-state index is 5.91. The maximum absolute atomic E-state index is 5.91. The van der Waals surface area contributed by atoms with E-state index < -0.39 is 0 Å². The molecule has 116 valence electrons. The van der Waals surface area contributed by atoms with E-state index in [1.807, 2.05) is 24.3 Å². The molecule has 0 unspecified atom stereocenters. The summed E-state index contributed by atoms with van der Waals surface area (Å²) in [6.45, 7) is 1.97. The van der Waals surface area contributed by atoms with Crippen molar-refractivity contribution in [3.05, 3.63) is 29.3 Å². The van der Waals surface area contributed by atoms with Gasteiger partial charge in [0.25, 0.3) is 0 Å². The van der Waals surface area contributed by atoms with E-state index in [-0.39, 0.29) is 0 Å². The first-order chi connectivity index (χ1) is 10.7. The molecule has 22 heavy (non-hydrogen) atoms. The number of rotatable bonds is 4. The number of halogens is 1. The van der Waals surface area contributed by atoms with E-state index in [2.05, 4.69) is 19.9 Å². The van der Waals surface area contributed by atoms with Gasteiger partial charge in [0, 0.05) is 23.0 Å². The van der Waals surface area contributed by atoms with Crippen LogP contribution in [0.15, 0.2) is 34.3 Å². The number of methoxy groups -OCH3 is 1. The predicted octanol–water partition coefficient (Wildman–Crippen LogP) is 3.68. The highest BCUT2D eigenvalue weighted by Gasteiger charge is 2.17. The average Bonchev–Trinajstić information content (AvgIpc) is 2.57. The van der Waals surface area contributed by atoms with E-state index in [0.29, 0.717) is 22.1 Å². The van der Waals surface area contributed by atoms with Crippen LogP contribution in [0, 0.1) is 0 Å². The lowest BCUT2D eigenvalue weighted by molar-refractivity contribution is 0.372. The smallest absolute Gasteiger partial charge is 0.321 e. The summed E-state index contributed by atoms with van der Waals surface area (Å²) in [7, 11) is 1.58. The largest absolute Gasteiger partial charge is 0.467 e. The first-order valence-corrected chi connectivity index (χ1v) is 8.42. The number of nitrogens with zero attached hydrogens (tertiary/aromatic N) is 4. The fraction of sp³-hybridized carbons (Fsp3) is 0.400. The van der Waals surface area contributed by atoms with Crippen LogP contribution in [-0.2, 0) is 0 Å². The minimum Gasteiger partial charge on any atom is -0.467 e. The SMILES string of the molecule is COc1nc(Sc2ccc(Cl)cc2)nc(N2CCCCC2)n1. The third-order valence-corrected chi connectivity index (χ3v) is 4.55. The number of benzene rings is 1. The van der Waals surface area contributed by atoms with Gasteiger partial charge in [-0.3, -0.25) is 0 Å². The first kappa shape index (κ1) is 15.4. The molecule has 0 N–H and O–H groups in total. The summed E-state index contributed by atoms with van der Waals surface area (Å²) in [4.78, 5) is 16.5. The Balaban J connectivity index is 1.84. The molecular weight excluding hydrogens is 320 g/mol. The molecule has 0 spiro atoms. The summed E-state index contributed by atoms with van der Waals surface area (Å²) in [6.07, 6.45) is 3.62. The Labute approximate surface area is 139 Å². The van der Waals surface area contributed by atoms with Crippen molar-refractivity contribution >= 4 is 29.3 Å². The quantitative estimate of drug-likeness (QED) is 0.849. The van der Waals surface area contributed by atoms with Gasteiger partial charge < -0.3 is 9.64 Å². The third kappa shape index (κ3) is 3.81. The van der Waals surface area contributed by atoms with Crippen LogP contribution in [0.2, 0.25) is 5.02 Å². The Hall–Kier alpha value is -1.53. The van der Waals surface area contributed by atoms with Crippen LogP contribution >= 0.6 is 23.4 Å². The highest BCUT2D eigenvalue weighted by molar-refractivity contribution is 7.99. The normalized spacial score (nSPS) is 14.9. The molecule has 1 aromatic carbocycles. The topological polar surface area (TPSA) is 51.1 Å². The second-order valence-corrected chi connectivity index (χ2v) is 6.49. The van der Waals surface area contributed by atoms with Gasteiger partial charge in [-0.1, -0.05) is 11.6 Å². The Bertz CT molecular complexity index is 632. The number of piperidine rings is 1. The van der Waals surface area contributed by atoms with E-state index in [1.54, 1.807) is 7.11 Å². The molecule has 2 aromatic rings. The molecule has 0 saturated carbocycles. The maximum Gasteiger partial charge on any atom is 0.321 e. The highest BCUT2D eigenvalue weighted by Crippen LogP contribution is 2.28. The van der Waals surface area contributed by atoms with Crippen molar-refractivity contribution < 1.29 is 4.74 Å². The van der Waals surface area contributed by atoms with Crippen LogP contribution in [0.1, 0.15) is 19.3 Å². The molecule has 3 rings (SSSR count). The van der Waals surface area contributed by atoms with Crippen molar-refractivity contribution in [2.75, 3.05) is 25.1 Å². The molecule has 1 fully saturated rings. The van der Waals surface area contributed by atoms with E-state index in [1.165, 1.54) is 31.0 Å². The molecule has 1 aromatic heterocycles. The van der Waals surface area contributed by atoms with Gasteiger partial charge in [0.15, 0.2) is 0 Å². The molecule has 0 amide bonds. The van der Waals surface area contributed by atoms with Crippen molar-refractivity contribution in [2.45, 2.75) is 29.3 Å². The van der Waals surface area contributed by atoms with E-state index in [9.17, 15) is 0 Å². The molecule has 1 aliphatic rings. The Morgan fingerprint density at radius 2 is 1.77 bits per heavy atom.